The van der Waals surface area contributed by atoms with Gasteiger partial charge in [0.2, 0.25) is 0 Å². The Balaban J connectivity index is 1.65. The standard InChI is InChI=1S/C17H29NO/c1-15-14-16(8-9-17(15,2)3)19-13-7-12-18-10-5-4-6-11-18/h8-9,14-15H,4-7,10-13H2,1-3H3. The van der Waals surface area contributed by atoms with Crippen molar-refractivity contribution in [3.05, 3.63) is 24.0 Å². The van der Waals surface area contributed by atoms with E-state index in [9.17, 15) is 0 Å². The second-order valence-corrected chi connectivity index (χ2v) is 6.62. The molecule has 0 aromatic heterocycles. The third kappa shape index (κ3) is 4.38. The topological polar surface area (TPSA) is 12.5 Å². The molecule has 0 bridgehead atoms. The molecule has 2 aliphatic rings. The fraction of sp³-hybridized carbons (Fsp3) is 0.765. The molecule has 2 heteroatoms. The summed E-state index contributed by atoms with van der Waals surface area (Å²) in [7, 11) is 0. The monoisotopic (exact) mass is 263 g/mol. The molecule has 0 N–H and O–H groups in total. The van der Waals surface area contributed by atoms with Gasteiger partial charge in [0, 0.05) is 6.54 Å². The van der Waals surface area contributed by atoms with Crippen LogP contribution in [-0.4, -0.2) is 31.1 Å². The summed E-state index contributed by atoms with van der Waals surface area (Å²) in [4.78, 5) is 2.57. The third-order valence-electron chi connectivity index (χ3n) is 4.60. The average molecular weight is 263 g/mol. The van der Waals surface area contributed by atoms with Crippen molar-refractivity contribution in [3.63, 3.8) is 0 Å². The van der Waals surface area contributed by atoms with Crippen LogP contribution in [0, 0.1) is 11.3 Å². The molecule has 0 aromatic rings. The SMILES string of the molecule is CC1C=C(OCCCN2CCCCC2)C=CC1(C)C. The zero-order valence-corrected chi connectivity index (χ0v) is 12.8. The van der Waals surface area contributed by atoms with Crippen LogP contribution in [0.4, 0.5) is 0 Å². The van der Waals surface area contributed by atoms with E-state index >= 15 is 0 Å². The van der Waals surface area contributed by atoms with E-state index in [0.717, 1.165) is 18.8 Å². The summed E-state index contributed by atoms with van der Waals surface area (Å²) in [6.07, 6.45) is 12.0. The minimum Gasteiger partial charge on any atom is -0.494 e. The number of likely N-dealkylation sites (tertiary alicyclic amines) is 1. The van der Waals surface area contributed by atoms with E-state index in [1.807, 2.05) is 0 Å². The fourth-order valence-electron chi connectivity index (χ4n) is 2.72. The van der Waals surface area contributed by atoms with Gasteiger partial charge in [0.25, 0.3) is 0 Å². The van der Waals surface area contributed by atoms with E-state index in [4.69, 9.17) is 4.74 Å². The van der Waals surface area contributed by atoms with E-state index in [0.29, 0.717) is 5.92 Å². The van der Waals surface area contributed by atoms with E-state index in [-0.39, 0.29) is 5.41 Å². The molecule has 0 radical (unpaired) electrons. The predicted octanol–water partition coefficient (Wildman–Crippen LogP) is 4.00. The molecule has 1 aliphatic carbocycles. The summed E-state index contributed by atoms with van der Waals surface area (Å²) in [5, 5.41) is 0. The van der Waals surface area contributed by atoms with Gasteiger partial charge in [0.1, 0.15) is 5.76 Å². The van der Waals surface area contributed by atoms with Gasteiger partial charge in [-0.3, -0.25) is 0 Å². The van der Waals surface area contributed by atoms with E-state index in [1.165, 1.54) is 38.9 Å². The first kappa shape index (κ1) is 14.6. The van der Waals surface area contributed by atoms with E-state index in [1.54, 1.807) is 0 Å². The first-order valence-electron chi connectivity index (χ1n) is 7.84. The Labute approximate surface area is 118 Å². The van der Waals surface area contributed by atoms with Crippen molar-refractivity contribution in [1.82, 2.24) is 4.90 Å². The lowest BCUT2D eigenvalue weighted by atomic mass is 9.77. The molecule has 1 fully saturated rings. The van der Waals surface area contributed by atoms with Gasteiger partial charge >= 0.3 is 0 Å². The molecule has 1 heterocycles. The van der Waals surface area contributed by atoms with Crippen molar-refractivity contribution in [2.24, 2.45) is 11.3 Å². The van der Waals surface area contributed by atoms with Crippen LogP contribution in [0.1, 0.15) is 46.5 Å². The lowest BCUT2D eigenvalue weighted by molar-refractivity contribution is 0.171. The second kappa shape index (κ2) is 6.60. The minimum atomic E-state index is 0.265. The Morgan fingerprint density at radius 2 is 2.00 bits per heavy atom. The Morgan fingerprint density at radius 3 is 2.68 bits per heavy atom. The quantitative estimate of drug-likeness (QED) is 0.695. The molecule has 1 aliphatic heterocycles. The van der Waals surface area contributed by atoms with Crippen LogP contribution in [0.25, 0.3) is 0 Å². The largest absolute Gasteiger partial charge is 0.494 e. The summed E-state index contributed by atoms with van der Waals surface area (Å²) in [6, 6.07) is 0. The van der Waals surface area contributed by atoms with Crippen LogP contribution in [0.15, 0.2) is 24.0 Å². The molecule has 0 spiro atoms. The van der Waals surface area contributed by atoms with Gasteiger partial charge in [0.05, 0.1) is 6.61 Å². The lowest BCUT2D eigenvalue weighted by Crippen LogP contribution is -2.31. The molecule has 1 saturated heterocycles. The summed E-state index contributed by atoms with van der Waals surface area (Å²) >= 11 is 0. The normalized spacial score (nSPS) is 27.1. The fourth-order valence-corrected chi connectivity index (χ4v) is 2.72. The van der Waals surface area contributed by atoms with Crippen molar-refractivity contribution in [1.29, 1.82) is 0 Å². The number of hydrogen-bond acceptors (Lipinski definition) is 2. The van der Waals surface area contributed by atoms with E-state index < -0.39 is 0 Å². The summed E-state index contributed by atoms with van der Waals surface area (Å²) in [6.45, 7) is 11.4. The van der Waals surface area contributed by atoms with Crippen LogP contribution in [0.2, 0.25) is 0 Å². The Hall–Kier alpha value is -0.760. The van der Waals surface area contributed by atoms with Crippen molar-refractivity contribution < 1.29 is 4.74 Å². The number of nitrogens with zero attached hydrogens (tertiary/aromatic N) is 1. The smallest absolute Gasteiger partial charge is 0.115 e. The minimum absolute atomic E-state index is 0.265. The second-order valence-electron chi connectivity index (χ2n) is 6.62. The first-order chi connectivity index (χ1) is 9.08. The number of hydrogen-bond donors (Lipinski definition) is 0. The molecule has 0 aromatic carbocycles. The van der Waals surface area contributed by atoms with Crippen molar-refractivity contribution in [2.75, 3.05) is 26.2 Å². The molecular weight excluding hydrogens is 234 g/mol. The Kier molecular flexibility index (Phi) is 5.09. The zero-order chi connectivity index (χ0) is 13.7. The summed E-state index contributed by atoms with van der Waals surface area (Å²) < 4.78 is 5.89. The maximum atomic E-state index is 5.89. The van der Waals surface area contributed by atoms with Crippen molar-refractivity contribution in [2.45, 2.75) is 46.5 Å². The highest BCUT2D eigenvalue weighted by molar-refractivity contribution is 5.23. The van der Waals surface area contributed by atoms with Gasteiger partial charge in [-0.15, -0.1) is 0 Å². The zero-order valence-electron chi connectivity index (χ0n) is 12.8. The van der Waals surface area contributed by atoms with Gasteiger partial charge in [-0.1, -0.05) is 33.3 Å². The molecule has 1 atom stereocenters. The van der Waals surface area contributed by atoms with Crippen LogP contribution in [-0.2, 0) is 4.74 Å². The van der Waals surface area contributed by atoms with Gasteiger partial charge in [-0.25, -0.2) is 0 Å². The van der Waals surface area contributed by atoms with Crippen LogP contribution in [0.3, 0.4) is 0 Å². The molecule has 0 saturated carbocycles. The third-order valence-corrected chi connectivity index (χ3v) is 4.60. The van der Waals surface area contributed by atoms with Gasteiger partial charge in [-0.2, -0.15) is 0 Å². The van der Waals surface area contributed by atoms with Crippen LogP contribution < -0.4 is 0 Å². The van der Waals surface area contributed by atoms with Gasteiger partial charge in [0.15, 0.2) is 0 Å². The Morgan fingerprint density at radius 1 is 1.26 bits per heavy atom. The molecule has 0 amide bonds. The first-order valence-corrected chi connectivity index (χ1v) is 7.84. The molecule has 108 valence electrons. The molecule has 2 rings (SSSR count). The number of piperidine rings is 1. The maximum Gasteiger partial charge on any atom is 0.115 e. The highest BCUT2D eigenvalue weighted by atomic mass is 16.5. The van der Waals surface area contributed by atoms with Gasteiger partial charge < -0.3 is 9.64 Å². The van der Waals surface area contributed by atoms with E-state index in [2.05, 4.69) is 43.9 Å². The number of allylic oxidation sites excluding steroid dienone is 3. The average Bonchev–Trinajstić information content (AvgIpc) is 2.40. The lowest BCUT2D eigenvalue weighted by Gasteiger charge is -2.30. The Bertz CT molecular complexity index is 337. The van der Waals surface area contributed by atoms with Crippen LogP contribution in [0.5, 0.6) is 0 Å². The highest BCUT2D eigenvalue weighted by Crippen LogP contribution is 2.34. The van der Waals surface area contributed by atoms with Crippen LogP contribution >= 0.6 is 0 Å². The molecular formula is C17H29NO. The number of rotatable bonds is 5. The maximum absolute atomic E-state index is 5.89. The predicted molar refractivity (Wildman–Crippen MR) is 81.0 cm³/mol. The molecule has 1 unspecified atom stereocenters. The number of ether oxygens (including phenoxy) is 1. The van der Waals surface area contributed by atoms with Crippen molar-refractivity contribution >= 4 is 0 Å². The molecule has 19 heavy (non-hydrogen) atoms. The highest BCUT2D eigenvalue weighted by Gasteiger charge is 2.24. The molecule has 2 nitrogen and oxygen atoms in total. The van der Waals surface area contributed by atoms with Crippen molar-refractivity contribution in [3.8, 4) is 0 Å². The summed E-state index contributed by atoms with van der Waals surface area (Å²) in [5.74, 6) is 1.61. The summed E-state index contributed by atoms with van der Waals surface area (Å²) in [5.41, 5.74) is 0.265. The van der Waals surface area contributed by atoms with Gasteiger partial charge in [-0.05, 0) is 55.8 Å².